The molecule has 0 spiro atoms. The first-order valence-corrected chi connectivity index (χ1v) is 12.5. The number of hydrogen-bond donors (Lipinski definition) is 2. The smallest absolute Gasteiger partial charge is 0.225 e. The molecule has 0 radical (unpaired) electrons. The zero-order valence-electron chi connectivity index (χ0n) is 17.6. The largest absolute Gasteiger partial charge is 0.355 e. The number of aliphatic imine (C=N–C) groups is 1. The number of carbonyl (C=O) groups excluding carboxylic acids is 1. The fraction of sp³-hybridized carbons (Fsp3) is 0.895. The van der Waals surface area contributed by atoms with Gasteiger partial charge in [-0.15, -0.1) is 24.0 Å². The standard InChI is InChI=1S/C19H35N5O3S.HI/c1-20-19(21-13-17-9-6-11-24(17)28(2,26)27)22-16-10-12-23(14-16)18(25)15-7-4-3-5-8-15;/h15-17H,3-14H2,1-2H3,(H2,20,21,22);1H/t16?,17-;/m1./s1. The third kappa shape index (κ3) is 6.68. The van der Waals surface area contributed by atoms with Crippen molar-refractivity contribution < 1.29 is 13.2 Å². The molecule has 2 N–H and O–H groups in total. The van der Waals surface area contributed by atoms with Gasteiger partial charge in [0.2, 0.25) is 15.9 Å². The Morgan fingerprint density at radius 2 is 1.79 bits per heavy atom. The van der Waals surface area contributed by atoms with E-state index in [4.69, 9.17) is 0 Å². The van der Waals surface area contributed by atoms with Crippen LogP contribution in [0.4, 0.5) is 0 Å². The SMILES string of the molecule is CN=C(NC[C@H]1CCCN1S(C)(=O)=O)NC1CCN(C(=O)C2CCCCC2)C1.I. The summed E-state index contributed by atoms with van der Waals surface area (Å²) in [6, 6.07) is 0.162. The van der Waals surface area contributed by atoms with Crippen molar-refractivity contribution in [2.45, 2.75) is 63.5 Å². The van der Waals surface area contributed by atoms with E-state index >= 15 is 0 Å². The van der Waals surface area contributed by atoms with Crippen molar-refractivity contribution in [1.82, 2.24) is 19.8 Å². The predicted octanol–water partition coefficient (Wildman–Crippen LogP) is 1.37. The van der Waals surface area contributed by atoms with E-state index in [2.05, 4.69) is 15.6 Å². The molecule has 0 aromatic rings. The van der Waals surface area contributed by atoms with E-state index in [1.807, 2.05) is 4.90 Å². The summed E-state index contributed by atoms with van der Waals surface area (Å²) in [5, 5.41) is 6.69. The van der Waals surface area contributed by atoms with Crippen LogP contribution in [0.3, 0.4) is 0 Å². The average Bonchev–Trinajstić information content (AvgIpc) is 3.34. The molecule has 168 valence electrons. The van der Waals surface area contributed by atoms with Crippen LogP contribution in [0.5, 0.6) is 0 Å². The summed E-state index contributed by atoms with van der Waals surface area (Å²) in [6.07, 6.45) is 9.63. The lowest BCUT2D eigenvalue weighted by Crippen LogP contribution is -2.49. The third-order valence-electron chi connectivity index (χ3n) is 6.27. The maximum absolute atomic E-state index is 12.7. The van der Waals surface area contributed by atoms with Crippen molar-refractivity contribution in [3.63, 3.8) is 0 Å². The summed E-state index contributed by atoms with van der Waals surface area (Å²) >= 11 is 0. The van der Waals surface area contributed by atoms with Gasteiger partial charge in [0, 0.05) is 51.2 Å². The summed E-state index contributed by atoms with van der Waals surface area (Å²) in [6.45, 7) is 2.66. The fourth-order valence-electron chi connectivity index (χ4n) is 4.74. The Morgan fingerprint density at radius 1 is 1.07 bits per heavy atom. The second-order valence-corrected chi connectivity index (χ2v) is 10.3. The number of halogens is 1. The average molecular weight is 542 g/mol. The van der Waals surface area contributed by atoms with Crippen LogP contribution in [-0.4, -0.2) is 81.1 Å². The van der Waals surface area contributed by atoms with Gasteiger partial charge in [-0.3, -0.25) is 9.79 Å². The van der Waals surface area contributed by atoms with E-state index in [0.717, 1.165) is 45.2 Å². The van der Waals surface area contributed by atoms with Gasteiger partial charge in [0.15, 0.2) is 5.96 Å². The van der Waals surface area contributed by atoms with Gasteiger partial charge in [-0.05, 0) is 32.1 Å². The molecule has 0 bridgehead atoms. The van der Waals surface area contributed by atoms with Crippen LogP contribution in [0.1, 0.15) is 51.4 Å². The van der Waals surface area contributed by atoms with Crippen molar-refractivity contribution in [2.75, 3.05) is 39.5 Å². The summed E-state index contributed by atoms with van der Waals surface area (Å²) in [5.74, 6) is 1.22. The van der Waals surface area contributed by atoms with Gasteiger partial charge in [-0.25, -0.2) is 8.42 Å². The Balaban J connectivity index is 0.00000300. The van der Waals surface area contributed by atoms with Crippen LogP contribution in [0.2, 0.25) is 0 Å². The number of amides is 1. The molecule has 0 aromatic heterocycles. The lowest BCUT2D eigenvalue weighted by Gasteiger charge is -2.27. The Morgan fingerprint density at radius 3 is 2.45 bits per heavy atom. The van der Waals surface area contributed by atoms with Crippen LogP contribution in [0.15, 0.2) is 4.99 Å². The molecule has 10 heteroatoms. The minimum atomic E-state index is -3.17. The topological polar surface area (TPSA) is 94.1 Å². The maximum Gasteiger partial charge on any atom is 0.225 e. The highest BCUT2D eigenvalue weighted by molar-refractivity contribution is 14.0. The second-order valence-electron chi connectivity index (χ2n) is 8.37. The molecule has 2 saturated heterocycles. The van der Waals surface area contributed by atoms with E-state index in [9.17, 15) is 13.2 Å². The molecule has 1 unspecified atom stereocenters. The summed E-state index contributed by atoms with van der Waals surface area (Å²) in [4.78, 5) is 19.0. The van der Waals surface area contributed by atoms with Gasteiger partial charge >= 0.3 is 0 Å². The van der Waals surface area contributed by atoms with Crippen molar-refractivity contribution >= 4 is 45.9 Å². The van der Waals surface area contributed by atoms with Gasteiger partial charge in [-0.2, -0.15) is 4.31 Å². The van der Waals surface area contributed by atoms with Crippen LogP contribution >= 0.6 is 24.0 Å². The van der Waals surface area contributed by atoms with Crippen LogP contribution in [-0.2, 0) is 14.8 Å². The van der Waals surface area contributed by atoms with Gasteiger partial charge in [-0.1, -0.05) is 19.3 Å². The number of sulfonamides is 1. The number of likely N-dealkylation sites (tertiary alicyclic amines) is 1. The molecular weight excluding hydrogens is 505 g/mol. The van der Waals surface area contributed by atoms with E-state index in [1.165, 1.54) is 25.5 Å². The van der Waals surface area contributed by atoms with Gasteiger partial charge < -0.3 is 15.5 Å². The molecule has 1 amide bonds. The predicted molar refractivity (Wildman–Crippen MR) is 126 cm³/mol. The molecule has 3 fully saturated rings. The molecule has 29 heavy (non-hydrogen) atoms. The minimum Gasteiger partial charge on any atom is -0.355 e. The first-order valence-electron chi connectivity index (χ1n) is 10.6. The summed E-state index contributed by atoms with van der Waals surface area (Å²) < 4.78 is 25.3. The number of hydrogen-bond acceptors (Lipinski definition) is 4. The lowest BCUT2D eigenvalue weighted by atomic mass is 9.88. The molecule has 3 rings (SSSR count). The van der Waals surface area contributed by atoms with Gasteiger partial charge in [0.05, 0.1) is 6.26 Å². The highest BCUT2D eigenvalue weighted by atomic mass is 127. The third-order valence-corrected chi connectivity index (χ3v) is 7.61. The first kappa shape index (κ1) is 24.6. The molecule has 1 saturated carbocycles. The zero-order valence-corrected chi connectivity index (χ0v) is 20.7. The molecule has 2 aliphatic heterocycles. The van der Waals surface area contributed by atoms with E-state index in [0.29, 0.717) is 25.0 Å². The summed E-state index contributed by atoms with van der Waals surface area (Å²) in [5.41, 5.74) is 0. The molecule has 3 aliphatic rings. The lowest BCUT2D eigenvalue weighted by molar-refractivity contribution is -0.135. The molecule has 8 nitrogen and oxygen atoms in total. The fourth-order valence-corrected chi connectivity index (χ4v) is 5.92. The molecule has 0 aromatic carbocycles. The first-order chi connectivity index (χ1) is 13.4. The number of carbonyl (C=O) groups is 1. The molecular formula is C19H36IN5O3S. The summed E-state index contributed by atoms with van der Waals surface area (Å²) in [7, 11) is -1.45. The number of nitrogens with zero attached hydrogens (tertiary/aromatic N) is 3. The maximum atomic E-state index is 12.7. The molecule has 1 aliphatic carbocycles. The van der Waals surface area contributed by atoms with E-state index < -0.39 is 10.0 Å². The van der Waals surface area contributed by atoms with Crippen LogP contribution in [0, 0.1) is 5.92 Å². The van der Waals surface area contributed by atoms with Crippen molar-refractivity contribution in [1.29, 1.82) is 0 Å². The van der Waals surface area contributed by atoms with Gasteiger partial charge in [0.1, 0.15) is 0 Å². The minimum absolute atomic E-state index is 0. The zero-order chi connectivity index (χ0) is 20.1. The van der Waals surface area contributed by atoms with E-state index in [-0.39, 0.29) is 42.0 Å². The Bertz CT molecular complexity index is 681. The Kier molecular flexibility index (Phi) is 9.46. The molecule has 2 atom stereocenters. The number of guanidine groups is 1. The normalized spacial score (nSPS) is 27.0. The van der Waals surface area contributed by atoms with Gasteiger partial charge in [0.25, 0.3) is 0 Å². The Labute approximate surface area is 192 Å². The quantitative estimate of drug-likeness (QED) is 0.312. The van der Waals surface area contributed by atoms with Crippen molar-refractivity contribution in [3.05, 3.63) is 0 Å². The van der Waals surface area contributed by atoms with E-state index in [1.54, 1.807) is 11.4 Å². The number of nitrogens with one attached hydrogen (secondary N) is 2. The number of rotatable bonds is 5. The Hall–Kier alpha value is -0.620. The highest BCUT2D eigenvalue weighted by Gasteiger charge is 2.33. The molecule has 2 heterocycles. The highest BCUT2D eigenvalue weighted by Crippen LogP contribution is 2.26. The monoisotopic (exact) mass is 541 g/mol. The second kappa shape index (κ2) is 11.1. The van der Waals surface area contributed by atoms with Crippen molar-refractivity contribution in [2.24, 2.45) is 10.9 Å². The van der Waals surface area contributed by atoms with Crippen LogP contribution < -0.4 is 10.6 Å². The van der Waals surface area contributed by atoms with Crippen LogP contribution in [0.25, 0.3) is 0 Å². The van der Waals surface area contributed by atoms with Crippen molar-refractivity contribution in [3.8, 4) is 0 Å².